The van der Waals surface area contributed by atoms with Gasteiger partial charge in [-0.3, -0.25) is 9.59 Å². The van der Waals surface area contributed by atoms with E-state index in [2.05, 4.69) is 10.5 Å². The third-order valence-electron chi connectivity index (χ3n) is 4.16. The molecule has 1 aliphatic rings. The summed E-state index contributed by atoms with van der Waals surface area (Å²) in [5.41, 5.74) is 0.346. The molecule has 1 N–H and O–H groups in total. The van der Waals surface area contributed by atoms with Crippen LogP contribution < -0.4 is 5.32 Å². The molecule has 3 rings (SSSR count). The molecule has 0 aliphatic carbocycles. The van der Waals surface area contributed by atoms with Crippen LogP contribution in [0.5, 0.6) is 0 Å². The Labute approximate surface area is 149 Å². The molecule has 1 unspecified atom stereocenters. The van der Waals surface area contributed by atoms with Crippen molar-refractivity contribution in [2.45, 2.75) is 19.6 Å². The van der Waals surface area contributed by atoms with E-state index >= 15 is 0 Å². The molecule has 0 radical (unpaired) electrons. The van der Waals surface area contributed by atoms with Crippen LogP contribution in [0.15, 0.2) is 28.8 Å². The third kappa shape index (κ3) is 4.33. The van der Waals surface area contributed by atoms with E-state index in [4.69, 9.17) is 14.0 Å². The smallest absolute Gasteiger partial charge is 0.274 e. The molecule has 2 aromatic rings. The van der Waals surface area contributed by atoms with Gasteiger partial charge >= 0.3 is 0 Å². The summed E-state index contributed by atoms with van der Waals surface area (Å²) < 4.78 is 29.2. The largest absolute Gasteiger partial charge is 0.381 e. The van der Waals surface area contributed by atoms with Crippen molar-refractivity contribution in [2.75, 3.05) is 19.8 Å². The molecule has 2 heterocycles. The van der Waals surface area contributed by atoms with Crippen LogP contribution in [0.2, 0.25) is 0 Å². The lowest BCUT2D eigenvalue weighted by Crippen LogP contribution is -2.30. The number of carbonyl (C=O) groups excluding carboxylic acids is 2. The van der Waals surface area contributed by atoms with Crippen LogP contribution in [0, 0.1) is 11.7 Å². The number of carbonyl (C=O) groups is 2. The number of hydrogen-bond donors (Lipinski definition) is 1. The molecule has 1 amide bonds. The summed E-state index contributed by atoms with van der Waals surface area (Å²) in [6.45, 7) is 1.65. The number of nitrogens with one attached hydrogen (secondary N) is 1. The van der Waals surface area contributed by atoms with Gasteiger partial charge in [-0.1, -0.05) is 23.4 Å². The number of amides is 1. The fourth-order valence-corrected chi connectivity index (χ4v) is 2.65. The fraction of sp³-hybridized carbons (Fsp3) is 0.389. The molecular formula is C18H19FN2O5. The Bertz CT molecular complexity index is 771. The molecule has 138 valence electrons. The SMILES string of the molecule is O=Cc1c(C(=O)NCC2CCOC2)noc1COCc1ccccc1F. The van der Waals surface area contributed by atoms with Gasteiger partial charge in [0.2, 0.25) is 0 Å². The van der Waals surface area contributed by atoms with Crippen LogP contribution in [-0.2, 0) is 22.7 Å². The number of rotatable bonds is 8. The van der Waals surface area contributed by atoms with Crippen LogP contribution in [0.1, 0.15) is 38.6 Å². The summed E-state index contributed by atoms with van der Waals surface area (Å²) in [5, 5.41) is 6.40. The molecule has 8 heteroatoms. The van der Waals surface area contributed by atoms with Crippen molar-refractivity contribution in [2.24, 2.45) is 5.92 Å². The van der Waals surface area contributed by atoms with E-state index in [0.29, 0.717) is 31.6 Å². The lowest BCUT2D eigenvalue weighted by atomic mass is 10.1. The molecule has 1 atom stereocenters. The Kier molecular flexibility index (Phi) is 6.08. The Morgan fingerprint density at radius 1 is 1.38 bits per heavy atom. The van der Waals surface area contributed by atoms with Gasteiger partial charge in [0, 0.05) is 24.6 Å². The second-order valence-corrected chi connectivity index (χ2v) is 6.01. The number of hydrogen-bond acceptors (Lipinski definition) is 6. The van der Waals surface area contributed by atoms with Crippen LogP contribution in [0.4, 0.5) is 4.39 Å². The third-order valence-corrected chi connectivity index (χ3v) is 4.16. The minimum atomic E-state index is -0.483. The summed E-state index contributed by atoms with van der Waals surface area (Å²) in [6.07, 6.45) is 1.39. The Morgan fingerprint density at radius 3 is 2.96 bits per heavy atom. The summed E-state index contributed by atoms with van der Waals surface area (Å²) >= 11 is 0. The number of aldehydes is 1. The molecule has 1 saturated heterocycles. The van der Waals surface area contributed by atoms with E-state index in [1.54, 1.807) is 18.2 Å². The van der Waals surface area contributed by atoms with Crippen molar-refractivity contribution in [3.63, 3.8) is 0 Å². The first-order chi connectivity index (χ1) is 12.7. The van der Waals surface area contributed by atoms with E-state index in [9.17, 15) is 14.0 Å². The monoisotopic (exact) mass is 362 g/mol. The van der Waals surface area contributed by atoms with Gasteiger partial charge in [-0.05, 0) is 12.5 Å². The number of aromatic nitrogens is 1. The van der Waals surface area contributed by atoms with Crippen LogP contribution in [0.3, 0.4) is 0 Å². The maximum atomic E-state index is 13.5. The maximum Gasteiger partial charge on any atom is 0.274 e. The number of halogens is 1. The van der Waals surface area contributed by atoms with Crippen molar-refractivity contribution in [3.8, 4) is 0 Å². The molecule has 0 bridgehead atoms. The van der Waals surface area contributed by atoms with E-state index < -0.39 is 5.91 Å². The van der Waals surface area contributed by atoms with E-state index in [-0.39, 0.29) is 42.0 Å². The van der Waals surface area contributed by atoms with Gasteiger partial charge in [0.1, 0.15) is 12.4 Å². The zero-order valence-electron chi connectivity index (χ0n) is 14.1. The number of ether oxygens (including phenoxy) is 2. The van der Waals surface area contributed by atoms with E-state index in [1.165, 1.54) is 6.07 Å². The van der Waals surface area contributed by atoms with Gasteiger partial charge in [-0.25, -0.2) is 4.39 Å². The standard InChI is InChI=1S/C18H19FN2O5/c19-15-4-2-1-3-13(15)10-25-11-16-14(8-22)17(21-26-16)18(23)20-7-12-5-6-24-9-12/h1-4,8,12H,5-7,9-11H2,(H,20,23). The predicted molar refractivity (Wildman–Crippen MR) is 88.0 cm³/mol. The summed E-state index contributed by atoms with van der Waals surface area (Å²) in [6, 6.07) is 6.22. The van der Waals surface area contributed by atoms with Gasteiger partial charge in [-0.2, -0.15) is 0 Å². The molecule has 1 aromatic carbocycles. The summed E-state index contributed by atoms with van der Waals surface area (Å²) in [5.74, 6) is -0.473. The van der Waals surface area contributed by atoms with E-state index in [0.717, 1.165) is 6.42 Å². The highest BCUT2D eigenvalue weighted by Gasteiger charge is 2.23. The lowest BCUT2D eigenvalue weighted by molar-refractivity contribution is 0.0848. The molecule has 7 nitrogen and oxygen atoms in total. The average molecular weight is 362 g/mol. The normalized spacial score (nSPS) is 16.6. The van der Waals surface area contributed by atoms with Crippen molar-refractivity contribution in [3.05, 3.63) is 52.7 Å². The minimum Gasteiger partial charge on any atom is -0.381 e. The van der Waals surface area contributed by atoms with Crippen molar-refractivity contribution in [1.29, 1.82) is 0 Å². The Balaban J connectivity index is 1.57. The molecule has 26 heavy (non-hydrogen) atoms. The van der Waals surface area contributed by atoms with Crippen molar-refractivity contribution in [1.82, 2.24) is 10.5 Å². The first kappa shape index (κ1) is 18.2. The second kappa shape index (κ2) is 8.68. The minimum absolute atomic E-state index is 0.00881. The van der Waals surface area contributed by atoms with Crippen LogP contribution >= 0.6 is 0 Å². The predicted octanol–water partition coefficient (Wildman–Crippen LogP) is 2.11. The first-order valence-corrected chi connectivity index (χ1v) is 8.30. The van der Waals surface area contributed by atoms with Gasteiger partial charge in [0.15, 0.2) is 17.7 Å². The Hall–Kier alpha value is -2.58. The average Bonchev–Trinajstić information content (AvgIpc) is 3.30. The molecule has 0 spiro atoms. The zero-order chi connectivity index (χ0) is 18.4. The first-order valence-electron chi connectivity index (χ1n) is 8.30. The maximum absolute atomic E-state index is 13.5. The summed E-state index contributed by atoms with van der Waals surface area (Å²) in [4.78, 5) is 23.6. The highest BCUT2D eigenvalue weighted by molar-refractivity contribution is 6.00. The van der Waals surface area contributed by atoms with E-state index in [1.807, 2.05) is 0 Å². The molecule has 1 fully saturated rings. The quantitative estimate of drug-likeness (QED) is 0.724. The second-order valence-electron chi connectivity index (χ2n) is 6.01. The lowest BCUT2D eigenvalue weighted by Gasteiger charge is -2.08. The van der Waals surface area contributed by atoms with Crippen molar-refractivity contribution >= 4 is 12.2 Å². The summed E-state index contributed by atoms with van der Waals surface area (Å²) in [7, 11) is 0. The number of nitrogens with zero attached hydrogens (tertiary/aromatic N) is 1. The number of benzene rings is 1. The van der Waals surface area contributed by atoms with Crippen LogP contribution in [-0.4, -0.2) is 37.1 Å². The topological polar surface area (TPSA) is 90.7 Å². The fourth-order valence-electron chi connectivity index (χ4n) is 2.65. The molecular weight excluding hydrogens is 343 g/mol. The van der Waals surface area contributed by atoms with Crippen LogP contribution in [0.25, 0.3) is 0 Å². The highest BCUT2D eigenvalue weighted by atomic mass is 19.1. The van der Waals surface area contributed by atoms with Gasteiger partial charge in [0.25, 0.3) is 5.91 Å². The molecule has 1 aliphatic heterocycles. The van der Waals surface area contributed by atoms with Gasteiger partial charge in [0.05, 0.1) is 18.8 Å². The Morgan fingerprint density at radius 2 is 2.23 bits per heavy atom. The molecule has 1 aromatic heterocycles. The zero-order valence-corrected chi connectivity index (χ0v) is 14.1. The van der Waals surface area contributed by atoms with Gasteiger partial charge in [-0.15, -0.1) is 0 Å². The molecule has 0 saturated carbocycles. The highest BCUT2D eigenvalue weighted by Crippen LogP contribution is 2.16. The van der Waals surface area contributed by atoms with Crippen molar-refractivity contribution < 1.29 is 28.0 Å². The van der Waals surface area contributed by atoms with Gasteiger partial charge < -0.3 is 19.3 Å².